The molecule has 110 valence electrons. The van der Waals surface area contributed by atoms with Crippen LogP contribution in [0.1, 0.15) is 30.2 Å². The molecule has 0 aliphatic heterocycles. The number of nitrogens with zero attached hydrogens (tertiary/aromatic N) is 1. The van der Waals surface area contributed by atoms with Crippen molar-refractivity contribution in [3.63, 3.8) is 0 Å². The largest absolute Gasteiger partial charge is 0.480 e. The first-order chi connectivity index (χ1) is 10.1. The number of carbonyl (C=O) groups is 1. The fraction of sp³-hybridized carbons (Fsp3) is 0.312. The molecule has 0 spiro atoms. The molecule has 1 aliphatic rings. The molecule has 0 fully saturated rings. The van der Waals surface area contributed by atoms with Crippen LogP contribution < -0.4 is 4.90 Å². The maximum absolute atomic E-state index is 11.3. The van der Waals surface area contributed by atoms with Gasteiger partial charge in [0.15, 0.2) is 0 Å². The van der Waals surface area contributed by atoms with Crippen molar-refractivity contribution in [2.45, 2.75) is 25.3 Å². The lowest BCUT2D eigenvalue weighted by Gasteiger charge is -2.34. The predicted octanol–water partition coefficient (Wildman–Crippen LogP) is 3.90. The monoisotopic (exact) mass is 305 g/mol. The van der Waals surface area contributed by atoms with Gasteiger partial charge in [-0.3, -0.25) is 4.79 Å². The van der Waals surface area contributed by atoms with Crippen LogP contribution >= 0.6 is 11.6 Å². The van der Waals surface area contributed by atoms with Crippen LogP contribution in [0.4, 0.5) is 5.69 Å². The Bertz CT molecular complexity index is 635. The zero-order chi connectivity index (χ0) is 14.8. The molecule has 0 saturated carbocycles. The minimum absolute atomic E-state index is 0.0322. The summed E-state index contributed by atoms with van der Waals surface area (Å²) in [4.78, 5) is 13.2. The second-order valence-corrected chi connectivity index (χ2v) is 5.64. The van der Waals surface area contributed by atoms with Gasteiger partial charge in [-0.15, -0.1) is 0 Å². The third kappa shape index (κ3) is 2.90. The van der Waals surface area contributed by atoms with E-state index in [9.17, 15) is 9.90 Å². The van der Waals surface area contributed by atoms with Gasteiger partial charge in [0.2, 0.25) is 0 Å². The normalized spacial score (nSPS) is 17.3. The van der Waals surface area contributed by atoms with Crippen molar-refractivity contribution in [2.75, 3.05) is 11.4 Å². The topological polar surface area (TPSA) is 53.7 Å². The molecule has 2 aromatic rings. The van der Waals surface area contributed by atoms with E-state index >= 15 is 0 Å². The summed E-state index contributed by atoms with van der Waals surface area (Å²) >= 11 is 5.92. The van der Waals surface area contributed by atoms with Crippen molar-refractivity contribution < 1.29 is 14.3 Å². The highest BCUT2D eigenvalue weighted by atomic mass is 35.5. The van der Waals surface area contributed by atoms with Gasteiger partial charge in [0.05, 0.1) is 12.3 Å². The quantitative estimate of drug-likeness (QED) is 0.930. The van der Waals surface area contributed by atoms with E-state index in [-0.39, 0.29) is 12.6 Å². The molecule has 1 atom stereocenters. The Morgan fingerprint density at radius 1 is 1.33 bits per heavy atom. The lowest BCUT2D eigenvalue weighted by molar-refractivity contribution is -0.135. The van der Waals surface area contributed by atoms with E-state index in [1.165, 1.54) is 0 Å². The number of carboxylic acids is 1. The Hall–Kier alpha value is -1.94. The highest BCUT2D eigenvalue weighted by molar-refractivity contribution is 6.30. The average molecular weight is 306 g/mol. The number of fused-ring (bicyclic) bond motifs is 1. The molecule has 3 rings (SSSR count). The Morgan fingerprint density at radius 3 is 2.81 bits per heavy atom. The van der Waals surface area contributed by atoms with E-state index in [1.54, 1.807) is 18.4 Å². The number of furan rings is 1. The van der Waals surface area contributed by atoms with Crippen LogP contribution in [0.15, 0.2) is 41.0 Å². The Balaban J connectivity index is 1.97. The molecule has 0 saturated heterocycles. The molecule has 4 nitrogen and oxygen atoms in total. The highest BCUT2D eigenvalue weighted by Gasteiger charge is 2.29. The summed E-state index contributed by atoms with van der Waals surface area (Å²) in [7, 11) is 0. The van der Waals surface area contributed by atoms with E-state index < -0.39 is 5.97 Å². The maximum atomic E-state index is 11.3. The van der Waals surface area contributed by atoms with Crippen molar-refractivity contribution >= 4 is 23.3 Å². The Morgan fingerprint density at radius 2 is 2.10 bits per heavy atom. The summed E-state index contributed by atoms with van der Waals surface area (Å²) in [5.74, 6) is 0.121. The second-order valence-electron chi connectivity index (χ2n) is 5.21. The molecule has 0 bridgehead atoms. The summed E-state index contributed by atoms with van der Waals surface area (Å²) < 4.78 is 5.50. The van der Waals surface area contributed by atoms with Gasteiger partial charge in [0.1, 0.15) is 12.3 Å². The van der Waals surface area contributed by atoms with Crippen molar-refractivity contribution in [3.8, 4) is 0 Å². The van der Waals surface area contributed by atoms with Crippen LogP contribution in [-0.4, -0.2) is 17.6 Å². The minimum Gasteiger partial charge on any atom is -0.480 e. The minimum atomic E-state index is -0.847. The van der Waals surface area contributed by atoms with Gasteiger partial charge in [0, 0.05) is 22.7 Å². The van der Waals surface area contributed by atoms with Gasteiger partial charge in [-0.05, 0) is 43.2 Å². The smallest absolute Gasteiger partial charge is 0.323 e. The molecular formula is C16H16ClNO3. The van der Waals surface area contributed by atoms with Crippen LogP contribution in [0.3, 0.4) is 0 Å². The molecule has 0 amide bonds. The van der Waals surface area contributed by atoms with Crippen molar-refractivity contribution in [1.29, 1.82) is 0 Å². The number of hydrogen-bond acceptors (Lipinski definition) is 3. The van der Waals surface area contributed by atoms with Gasteiger partial charge in [0.25, 0.3) is 0 Å². The summed E-state index contributed by atoms with van der Waals surface area (Å²) in [5.41, 5.74) is 1.96. The fourth-order valence-electron chi connectivity index (χ4n) is 2.95. The first-order valence-electron chi connectivity index (χ1n) is 6.95. The van der Waals surface area contributed by atoms with E-state index in [4.69, 9.17) is 16.0 Å². The number of rotatable bonds is 4. The van der Waals surface area contributed by atoms with Crippen LogP contribution in [-0.2, 0) is 11.2 Å². The zero-order valence-electron chi connectivity index (χ0n) is 11.5. The van der Waals surface area contributed by atoms with Gasteiger partial charge in [-0.25, -0.2) is 0 Å². The molecule has 21 heavy (non-hydrogen) atoms. The number of benzene rings is 1. The van der Waals surface area contributed by atoms with Gasteiger partial charge in [-0.2, -0.15) is 0 Å². The lowest BCUT2D eigenvalue weighted by Crippen LogP contribution is -2.35. The lowest BCUT2D eigenvalue weighted by atomic mass is 9.91. The molecule has 1 heterocycles. The van der Waals surface area contributed by atoms with Crippen molar-refractivity contribution in [3.05, 3.63) is 52.9 Å². The van der Waals surface area contributed by atoms with E-state index in [2.05, 4.69) is 0 Å². The SMILES string of the molecule is O=C(O)CN(c1ccc(Cl)cc1)C1CCCc2occc21. The zero-order valence-corrected chi connectivity index (χ0v) is 12.2. The molecular weight excluding hydrogens is 290 g/mol. The number of anilines is 1. The summed E-state index contributed by atoms with van der Waals surface area (Å²) in [5, 5.41) is 9.88. The first kappa shape index (κ1) is 14.0. The first-order valence-corrected chi connectivity index (χ1v) is 7.33. The fourth-order valence-corrected chi connectivity index (χ4v) is 3.07. The van der Waals surface area contributed by atoms with E-state index in [0.717, 1.165) is 36.3 Å². The Labute approximate surface area is 127 Å². The second kappa shape index (κ2) is 5.82. The molecule has 1 unspecified atom stereocenters. The van der Waals surface area contributed by atoms with Crippen LogP contribution in [0.5, 0.6) is 0 Å². The molecule has 1 aromatic heterocycles. The number of aryl methyl sites for hydroxylation is 1. The van der Waals surface area contributed by atoms with Crippen LogP contribution in [0.2, 0.25) is 5.02 Å². The summed E-state index contributed by atoms with van der Waals surface area (Å²) in [6.07, 6.45) is 4.52. The van der Waals surface area contributed by atoms with E-state index in [0.29, 0.717) is 5.02 Å². The molecule has 5 heteroatoms. The standard InChI is InChI=1S/C16H16ClNO3/c17-11-4-6-12(7-5-11)18(10-16(19)20)14-2-1-3-15-13(14)8-9-21-15/h4-9,14H,1-3,10H2,(H,19,20). The number of halogens is 1. The average Bonchev–Trinajstić information content (AvgIpc) is 2.94. The van der Waals surface area contributed by atoms with E-state index in [1.807, 2.05) is 23.1 Å². The Kier molecular flexibility index (Phi) is 3.88. The third-order valence-electron chi connectivity index (χ3n) is 3.86. The molecule has 1 N–H and O–H groups in total. The predicted molar refractivity (Wildman–Crippen MR) is 80.8 cm³/mol. The summed E-state index contributed by atoms with van der Waals surface area (Å²) in [6, 6.07) is 9.27. The number of aliphatic carboxylic acids is 1. The van der Waals surface area contributed by atoms with Gasteiger partial charge in [-0.1, -0.05) is 11.6 Å². The molecule has 1 aliphatic carbocycles. The van der Waals surface area contributed by atoms with Crippen molar-refractivity contribution in [2.24, 2.45) is 0 Å². The van der Waals surface area contributed by atoms with Gasteiger partial charge < -0.3 is 14.4 Å². The van der Waals surface area contributed by atoms with Crippen LogP contribution in [0, 0.1) is 0 Å². The van der Waals surface area contributed by atoms with Gasteiger partial charge >= 0.3 is 5.97 Å². The maximum Gasteiger partial charge on any atom is 0.323 e. The highest BCUT2D eigenvalue weighted by Crippen LogP contribution is 2.37. The summed E-state index contributed by atoms with van der Waals surface area (Å²) in [6.45, 7) is -0.0447. The molecule has 0 radical (unpaired) electrons. The van der Waals surface area contributed by atoms with Crippen LogP contribution in [0.25, 0.3) is 0 Å². The number of hydrogen-bond donors (Lipinski definition) is 1. The van der Waals surface area contributed by atoms with Crippen molar-refractivity contribution in [1.82, 2.24) is 0 Å². The molecule has 1 aromatic carbocycles. The number of carboxylic acid groups (broad SMARTS) is 1. The third-order valence-corrected chi connectivity index (χ3v) is 4.11.